The van der Waals surface area contributed by atoms with Gasteiger partial charge in [-0.1, -0.05) is 24.3 Å². The maximum Gasteiger partial charge on any atom is 0.159 e. The van der Waals surface area contributed by atoms with Crippen LogP contribution in [0.4, 0.5) is 5.82 Å². The maximum atomic E-state index is 8.98. The van der Waals surface area contributed by atoms with Crippen molar-refractivity contribution in [2.45, 2.75) is 13.0 Å². The highest BCUT2D eigenvalue weighted by Gasteiger charge is 2.22. The van der Waals surface area contributed by atoms with E-state index in [1.165, 1.54) is 0 Å². The van der Waals surface area contributed by atoms with Gasteiger partial charge in [0.05, 0.1) is 18.3 Å². The zero-order valence-corrected chi connectivity index (χ0v) is 11.5. The average Bonchev–Trinajstić information content (AvgIpc) is 2.54. The second-order valence-corrected chi connectivity index (χ2v) is 5.08. The molecule has 1 aliphatic heterocycles. The van der Waals surface area contributed by atoms with Crippen LogP contribution in [0.5, 0.6) is 0 Å². The molecule has 3 rings (SSSR count). The number of nitrogens with zero attached hydrogens (tertiary/aromatic N) is 5. The largest absolute Gasteiger partial charge is 0.352 e. The van der Waals surface area contributed by atoms with Gasteiger partial charge in [-0.15, -0.1) is 5.10 Å². The van der Waals surface area contributed by atoms with Crippen LogP contribution in [0.3, 0.4) is 0 Å². The van der Waals surface area contributed by atoms with Gasteiger partial charge in [0.15, 0.2) is 5.82 Å². The molecule has 1 aromatic carbocycles. The molecule has 5 nitrogen and oxygen atoms in total. The zero-order valence-electron chi connectivity index (χ0n) is 11.5. The fourth-order valence-corrected chi connectivity index (χ4v) is 2.65. The van der Waals surface area contributed by atoms with Crippen molar-refractivity contribution in [1.29, 1.82) is 5.26 Å². The van der Waals surface area contributed by atoms with E-state index in [4.69, 9.17) is 5.26 Å². The Hall–Kier alpha value is -2.19. The molecule has 1 fully saturated rings. The Labute approximate surface area is 118 Å². The first-order valence-electron chi connectivity index (χ1n) is 6.88. The van der Waals surface area contributed by atoms with Crippen molar-refractivity contribution in [2.24, 2.45) is 0 Å². The van der Waals surface area contributed by atoms with Crippen LogP contribution in [0.1, 0.15) is 6.92 Å². The van der Waals surface area contributed by atoms with Crippen molar-refractivity contribution in [3.8, 4) is 6.07 Å². The number of nitriles is 1. The molecule has 1 aliphatic rings. The molecule has 2 aromatic rings. The molecule has 0 N–H and O–H groups in total. The summed E-state index contributed by atoms with van der Waals surface area (Å²) in [7, 11) is 0. The lowest BCUT2D eigenvalue weighted by atomic mass is 10.1. The van der Waals surface area contributed by atoms with Crippen LogP contribution in [0.25, 0.3) is 10.8 Å². The smallest absolute Gasteiger partial charge is 0.159 e. The molecule has 1 aromatic heterocycles. The lowest BCUT2D eigenvalue weighted by molar-refractivity contribution is 0.231. The highest BCUT2D eigenvalue weighted by Crippen LogP contribution is 2.24. The minimum atomic E-state index is -0.0178. The summed E-state index contributed by atoms with van der Waals surface area (Å²) in [6.07, 6.45) is 1.80. The first-order chi connectivity index (χ1) is 9.79. The van der Waals surface area contributed by atoms with Gasteiger partial charge in [-0.05, 0) is 6.92 Å². The molecular formula is C15H17N5. The quantitative estimate of drug-likeness (QED) is 0.828. The topological polar surface area (TPSA) is 56.1 Å². The predicted octanol–water partition coefficient (Wildman–Crippen LogP) is 1.66. The third-order valence-electron chi connectivity index (χ3n) is 3.90. The van der Waals surface area contributed by atoms with E-state index in [0.717, 1.165) is 42.8 Å². The van der Waals surface area contributed by atoms with Crippen molar-refractivity contribution in [1.82, 2.24) is 15.1 Å². The van der Waals surface area contributed by atoms with E-state index in [9.17, 15) is 0 Å². The third-order valence-corrected chi connectivity index (χ3v) is 3.90. The Morgan fingerprint density at radius 3 is 2.70 bits per heavy atom. The van der Waals surface area contributed by atoms with Crippen molar-refractivity contribution < 1.29 is 0 Å². The Balaban J connectivity index is 1.82. The molecule has 0 spiro atoms. The Morgan fingerprint density at radius 1 is 1.20 bits per heavy atom. The summed E-state index contributed by atoms with van der Waals surface area (Å²) < 4.78 is 0. The second kappa shape index (κ2) is 5.43. The molecule has 0 radical (unpaired) electrons. The molecule has 5 heteroatoms. The number of rotatable bonds is 2. The zero-order chi connectivity index (χ0) is 13.9. The van der Waals surface area contributed by atoms with Crippen LogP contribution in [-0.4, -0.2) is 47.3 Å². The van der Waals surface area contributed by atoms with Gasteiger partial charge in [-0.2, -0.15) is 10.4 Å². The van der Waals surface area contributed by atoms with Gasteiger partial charge < -0.3 is 4.90 Å². The number of hydrogen-bond acceptors (Lipinski definition) is 5. The fourth-order valence-electron chi connectivity index (χ4n) is 2.65. The van der Waals surface area contributed by atoms with Crippen LogP contribution in [0.2, 0.25) is 0 Å². The van der Waals surface area contributed by atoms with Crippen molar-refractivity contribution >= 4 is 16.6 Å². The molecule has 1 saturated heterocycles. The average molecular weight is 267 g/mol. The normalized spacial score (nSPS) is 17.9. The van der Waals surface area contributed by atoms with Gasteiger partial charge in [0.2, 0.25) is 0 Å². The molecule has 1 atom stereocenters. The number of benzene rings is 1. The van der Waals surface area contributed by atoms with E-state index in [1.807, 2.05) is 19.1 Å². The van der Waals surface area contributed by atoms with Gasteiger partial charge in [0.25, 0.3) is 0 Å². The second-order valence-electron chi connectivity index (χ2n) is 5.08. The lowest BCUT2D eigenvalue weighted by Crippen LogP contribution is -2.49. The summed E-state index contributed by atoms with van der Waals surface area (Å²) in [6.45, 7) is 5.50. The van der Waals surface area contributed by atoms with Crippen molar-refractivity contribution in [2.75, 3.05) is 31.1 Å². The minimum Gasteiger partial charge on any atom is -0.352 e. The number of anilines is 1. The minimum absolute atomic E-state index is 0.0178. The van der Waals surface area contributed by atoms with Gasteiger partial charge in [0, 0.05) is 37.0 Å². The number of piperazine rings is 1. The molecule has 0 bridgehead atoms. The maximum absolute atomic E-state index is 8.98. The summed E-state index contributed by atoms with van der Waals surface area (Å²) in [5.41, 5.74) is 0. The van der Waals surface area contributed by atoms with Crippen LogP contribution < -0.4 is 4.90 Å². The van der Waals surface area contributed by atoms with E-state index in [-0.39, 0.29) is 6.04 Å². The highest BCUT2D eigenvalue weighted by molar-refractivity contribution is 5.91. The van der Waals surface area contributed by atoms with Gasteiger partial charge >= 0.3 is 0 Å². The summed E-state index contributed by atoms with van der Waals surface area (Å²) >= 11 is 0. The number of fused-ring (bicyclic) bond motifs is 1. The van der Waals surface area contributed by atoms with Crippen molar-refractivity contribution in [3.05, 3.63) is 30.5 Å². The van der Waals surface area contributed by atoms with E-state index in [0.29, 0.717) is 0 Å². The molecule has 0 amide bonds. The Morgan fingerprint density at radius 2 is 1.95 bits per heavy atom. The standard InChI is InChI=1S/C15H17N5/c1-12(10-16)19-6-8-20(9-7-19)15-14-5-3-2-4-13(14)11-17-18-15/h2-5,11-12H,6-9H2,1H3. The molecular weight excluding hydrogens is 250 g/mol. The van der Waals surface area contributed by atoms with Crippen LogP contribution >= 0.6 is 0 Å². The summed E-state index contributed by atoms with van der Waals surface area (Å²) in [6, 6.07) is 10.5. The van der Waals surface area contributed by atoms with Crippen molar-refractivity contribution in [3.63, 3.8) is 0 Å². The van der Waals surface area contributed by atoms with Crippen LogP contribution in [-0.2, 0) is 0 Å². The first-order valence-corrected chi connectivity index (χ1v) is 6.88. The number of aromatic nitrogens is 2. The summed E-state index contributed by atoms with van der Waals surface area (Å²) in [4.78, 5) is 4.46. The van der Waals surface area contributed by atoms with E-state index in [2.05, 4.69) is 38.2 Å². The Bertz CT molecular complexity index is 635. The molecule has 0 saturated carbocycles. The van der Waals surface area contributed by atoms with Gasteiger partial charge in [-0.25, -0.2) is 0 Å². The van der Waals surface area contributed by atoms with Gasteiger partial charge in [-0.3, -0.25) is 4.90 Å². The number of hydrogen-bond donors (Lipinski definition) is 0. The van der Waals surface area contributed by atoms with Crippen LogP contribution in [0.15, 0.2) is 30.5 Å². The van der Waals surface area contributed by atoms with E-state index >= 15 is 0 Å². The summed E-state index contributed by atoms with van der Waals surface area (Å²) in [5, 5.41) is 19.7. The first kappa shape index (κ1) is 12.8. The molecule has 102 valence electrons. The van der Waals surface area contributed by atoms with Gasteiger partial charge in [0.1, 0.15) is 0 Å². The van der Waals surface area contributed by atoms with E-state index in [1.54, 1.807) is 6.20 Å². The Kier molecular flexibility index (Phi) is 3.48. The lowest BCUT2D eigenvalue weighted by Gasteiger charge is -2.36. The molecule has 2 heterocycles. The third kappa shape index (κ3) is 2.30. The van der Waals surface area contributed by atoms with Crippen LogP contribution in [0, 0.1) is 11.3 Å². The van der Waals surface area contributed by atoms with E-state index < -0.39 is 0 Å². The predicted molar refractivity (Wildman–Crippen MR) is 78.4 cm³/mol. The molecule has 20 heavy (non-hydrogen) atoms. The highest BCUT2D eigenvalue weighted by atomic mass is 15.3. The molecule has 1 unspecified atom stereocenters. The summed E-state index contributed by atoms with van der Waals surface area (Å²) in [5.74, 6) is 0.951. The fraction of sp³-hybridized carbons (Fsp3) is 0.400. The SMILES string of the molecule is CC(C#N)N1CCN(c2nncc3ccccc23)CC1. The molecule has 0 aliphatic carbocycles. The monoisotopic (exact) mass is 267 g/mol.